The van der Waals surface area contributed by atoms with E-state index in [0.29, 0.717) is 17.7 Å². The molecule has 0 N–H and O–H groups in total. The van der Waals surface area contributed by atoms with Crippen LogP contribution < -0.4 is 9.47 Å². The number of ether oxygens (including phenoxy) is 2. The Morgan fingerprint density at radius 1 is 1.11 bits per heavy atom. The predicted molar refractivity (Wildman–Crippen MR) is 76.7 cm³/mol. The van der Waals surface area contributed by atoms with Crippen molar-refractivity contribution in [2.45, 2.75) is 12.8 Å². The van der Waals surface area contributed by atoms with Gasteiger partial charge in [-0.05, 0) is 37.1 Å². The minimum atomic E-state index is 0.304. The SMILES string of the molecule is C=CCOc1ccc(OCCCC=C(Cl)Cl)cc1. The maximum atomic E-state index is 5.56. The Morgan fingerprint density at radius 3 is 2.28 bits per heavy atom. The highest BCUT2D eigenvalue weighted by Crippen LogP contribution is 2.18. The van der Waals surface area contributed by atoms with Crippen molar-refractivity contribution in [1.82, 2.24) is 0 Å². The van der Waals surface area contributed by atoms with Crippen LogP contribution in [-0.4, -0.2) is 13.2 Å². The minimum absolute atomic E-state index is 0.304. The average molecular weight is 287 g/mol. The largest absolute Gasteiger partial charge is 0.494 e. The lowest BCUT2D eigenvalue weighted by molar-refractivity contribution is 0.310. The Balaban J connectivity index is 2.26. The van der Waals surface area contributed by atoms with Crippen LogP contribution in [0.1, 0.15) is 12.8 Å². The van der Waals surface area contributed by atoms with Gasteiger partial charge in [0.25, 0.3) is 0 Å². The summed E-state index contributed by atoms with van der Waals surface area (Å²) in [6, 6.07) is 7.49. The Bertz CT molecular complexity index is 381. The van der Waals surface area contributed by atoms with Crippen molar-refractivity contribution in [2.75, 3.05) is 13.2 Å². The molecule has 0 aliphatic rings. The van der Waals surface area contributed by atoms with Crippen LogP contribution in [-0.2, 0) is 0 Å². The Kier molecular flexibility index (Phi) is 7.38. The van der Waals surface area contributed by atoms with Crippen LogP contribution in [0.2, 0.25) is 0 Å². The number of benzene rings is 1. The van der Waals surface area contributed by atoms with Crippen molar-refractivity contribution in [3.63, 3.8) is 0 Å². The fraction of sp³-hybridized carbons (Fsp3) is 0.286. The molecule has 0 radical (unpaired) electrons. The van der Waals surface area contributed by atoms with Gasteiger partial charge in [0.05, 0.1) is 6.61 Å². The molecular formula is C14H16Cl2O2. The fourth-order valence-corrected chi connectivity index (χ4v) is 1.49. The van der Waals surface area contributed by atoms with Gasteiger partial charge in [-0.25, -0.2) is 0 Å². The summed E-state index contributed by atoms with van der Waals surface area (Å²) in [5, 5.41) is 0. The van der Waals surface area contributed by atoms with Gasteiger partial charge >= 0.3 is 0 Å². The van der Waals surface area contributed by atoms with Crippen LogP contribution in [0, 0.1) is 0 Å². The second-order valence-electron chi connectivity index (χ2n) is 3.56. The molecule has 4 heteroatoms. The van der Waals surface area contributed by atoms with E-state index in [-0.39, 0.29) is 0 Å². The van der Waals surface area contributed by atoms with Gasteiger partial charge in [0.2, 0.25) is 0 Å². The van der Waals surface area contributed by atoms with Crippen LogP contribution in [0.5, 0.6) is 11.5 Å². The molecule has 0 saturated carbocycles. The van der Waals surface area contributed by atoms with E-state index in [1.807, 2.05) is 24.3 Å². The van der Waals surface area contributed by atoms with Gasteiger partial charge in [-0.3, -0.25) is 0 Å². The molecule has 0 fully saturated rings. The van der Waals surface area contributed by atoms with Crippen LogP contribution in [0.3, 0.4) is 0 Å². The molecule has 1 rings (SSSR count). The van der Waals surface area contributed by atoms with Crippen LogP contribution in [0.25, 0.3) is 0 Å². The predicted octanol–water partition coefficient (Wildman–Crippen LogP) is 4.73. The van der Waals surface area contributed by atoms with Gasteiger partial charge in [0.15, 0.2) is 0 Å². The average Bonchev–Trinajstić information content (AvgIpc) is 2.37. The molecule has 98 valence electrons. The number of allylic oxidation sites excluding steroid dienone is 1. The maximum absolute atomic E-state index is 5.56. The standard InChI is InChI=1S/C14H16Cl2O2/c1-2-10-17-12-6-8-13(9-7-12)18-11-4-3-5-14(15)16/h2,5-9H,1,3-4,10-11H2. The molecule has 0 unspecified atom stereocenters. The van der Waals surface area contributed by atoms with Crippen molar-refractivity contribution in [3.8, 4) is 11.5 Å². The molecular weight excluding hydrogens is 271 g/mol. The topological polar surface area (TPSA) is 18.5 Å². The Hall–Kier alpha value is -1.12. The summed E-state index contributed by atoms with van der Waals surface area (Å²) in [5.41, 5.74) is 0. The van der Waals surface area contributed by atoms with E-state index >= 15 is 0 Å². The molecule has 18 heavy (non-hydrogen) atoms. The third kappa shape index (κ3) is 6.58. The van der Waals surface area contributed by atoms with E-state index in [2.05, 4.69) is 6.58 Å². The van der Waals surface area contributed by atoms with Crippen molar-refractivity contribution < 1.29 is 9.47 Å². The zero-order valence-electron chi connectivity index (χ0n) is 10.1. The third-order valence-corrected chi connectivity index (χ3v) is 2.42. The van der Waals surface area contributed by atoms with Crippen molar-refractivity contribution in [1.29, 1.82) is 0 Å². The second kappa shape index (κ2) is 8.90. The van der Waals surface area contributed by atoms with Gasteiger partial charge in [-0.15, -0.1) is 0 Å². The number of unbranched alkanes of at least 4 members (excludes halogenated alkanes) is 1. The molecule has 1 aromatic rings. The first-order chi connectivity index (χ1) is 8.72. The summed E-state index contributed by atoms with van der Waals surface area (Å²) in [7, 11) is 0. The summed E-state index contributed by atoms with van der Waals surface area (Å²) < 4.78 is 11.2. The summed E-state index contributed by atoms with van der Waals surface area (Å²) >= 11 is 11.0. The highest BCUT2D eigenvalue weighted by molar-refractivity contribution is 6.55. The number of halogens is 2. The van der Waals surface area contributed by atoms with Crippen molar-refractivity contribution >= 4 is 23.2 Å². The van der Waals surface area contributed by atoms with E-state index in [0.717, 1.165) is 24.3 Å². The van der Waals surface area contributed by atoms with E-state index in [1.165, 1.54) is 0 Å². The maximum Gasteiger partial charge on any atom is 0.120 e. The minimum Gasteiger partial charge on any atom is -0.494 e. The number of hydrogen-bond donors (Lipinski definition) is 0. The number of hydrogen-bond acceptors (Lipinski definition) is 2. The zero-order valence-corrected chi connectivity index (χ0v) is 11.6. The molecule has 0 aromatic heterocycles. The first-order valence-electron chi connectivity index (χ1n) is 5.70. The van der Waals surface area contributed by atoms with E-state index < -0.39 is 0 Å². The first-order valence-corrected chi connectivity index (χ1v) is 6.45. The smallest absolute Gasteiger partial charge is 0.120 e. The van der Waals surface area contributed by atoms with Crippen LogP contribution >= 0.6 is 23.2 Å². The molecule has 0 aliphatic heterocycles. The molecule has 0 saturated heterocycles. The lowest BCUT2D eigenvalue weighted by atomic mass is 10.3. The fourth-order valence-electron chi connectivity index (χ4n) is 1.27. The van der Waals surface area contributed by atoms with Gasteiger partial charge in [0.1, 0.15) is 22.6 Å². The summed E-state index contributed by atoms with van der Waals surface area (Å²) in [6.45, 7) is 4.73. The van der Waals surface area contributed by atoms with E-state index in [4.69, 9.17) is 32.7 Å². The lowest BCUT2D eigenvalue weighted by Crippen LogP contribution is -1.97. The highest BCUT2D eigenvalue weighted by atomic mass is 35.5. The van der Waals surface area contributed by atoms with Crippen molar-refractivity contribution in [2.24, 2.45) is 0 Å². The quantitative estimate of drug-likeness (QED) is 0.508. The molecule has 0 bridgehead atoms. The van der Waals surface area contributed by atoms with Gasteiger partial charge in [-0.2, -0.15) is 0 Å². The van der Waals surface area contributed by atoms with E-state index in [9.17, 15) is 0 Å². The number of rotatable bonds is 8. The summed E-state index contributed by atoms with van der Waals surface area (Å²) in [6.07, 6.45) is 5.15. The Morgan fingerprint density at radius 2 is 1.72 bits per heavy atom. The molecule has 1 aromatic carbocycles. The monoisotopic (exact) mass is 286 g/mol. The highest BCUT2D eigenvalue weighted by Gasteiger charge is 1.95. The molecule has 0 atom stereocenters. The molecule has 0 amide bonds. The molecule has 0 heterocycles. The molecule has 0 spiro atoms. The molecule has 2 nitrogen and oxygen atoms in total. The van der Waals surface area contributed by atoms with Gasteiger partial charge in [-0.1, -0.05) is 41.9 Å². The lowest BCUT2D eigenvalue weighted by Gasteiger charge is -2.07. The first kappa shape index (κ1) is 14.9. The summed E-state index contributed by atoms with van der Waals surface area (Å²) in [5.74, 6) is 1.63. The van der Waals surface area contributed by atoms with Gasteiger partial charge < -0.3 is 9.47 Å². The zero-order chi connectivity index (χ0) is 13.2. The van der Waals surface area contributed by atoms with Crippen LogP contribution in [0.4, 0.5) is 0 Å². The van der Waals surface area contributed by atoms with Gasteiger partial charge in [0, 0.05) is 0 Å². The Labute approximate surface area is 118 Å². The third-order valence-electron chi connectivity index (χ3n) is 2.11. The van der Waals surface area contributed by atoms with Crippen LogP contribution in [0.15, 0.2) is 47.5 Å². The summed E-state index contributed by atoms with van der Waals surface area (Å²) in [4.78, 5) is 0. The normalized spacial score (nSPS) is 9.67. The van der Waals surface area contributed by atoms with E-state index in [1.54, 1.807) is 12.2 Å². The molecule has 0 aliphatic carbocycles. The second-order valence-corrected chi connectivity index (χ2v) is 4.56. The van der Waals surface area contributed by atoms with Crippen molar-refractivity contribution in [3.05, 3.63) is 47.5 Å².